The minimum absolute atomic E-state index is 0.0242. The first-order valence-corrected chi connectivity index (χ1v) is 8.70. The number of carbonyl (C=O) groups excluding carboxylic acids is 1. The molecule has 0 heterocycles. The summed E-state index contributed by atoms with van der Waals surface area (Å²) in [5, 5.41) is 11.6. The molecule has 1 aliphatic rings. The van der Waals surface area contributed by atoms with Gasteiger partial charge in [0.25, 0.3) is 0 Å². The number of carbonyl (C=O) groups is 2. The van der Waals surface area contributed by atoms with Crippen molar-refractivity contribution < 1.29 is 23.1 Å². The lowest BCUT2D eigenvalue weighted by Gasteiger charge is -2.38. The Bertz CT molecular complexity index is 479. The van der Waals surface area contributed by atoms with Gasteiger partial charge in [-0.25, -0.2) is 8.42 Å². The Kier molecular flexibility index (Phi) is 5.18. The van der Waals surface area contributed by atoms with Crippen molar-refractivity contribution in [2.45, 2.75) is 44.3 Å². The van der Waals surface area contributed by atoms with E-state index in [0.717, 1.165) is 6.26 Å². The molecule has 1 rings (SSSR count). The summed E-state index contributed by atoms with van der Waals surface area (Å²) in [6, 6.07) is 0. The number of rotatable bonds is 7. The molecule has 1 fully saturated rings. The zero-order chi connectivity index (χ0) is 15.6. The maximum atomic E-state index is 12.1. The number of nitrogens with one attached hydrogen (secondary N) is 1. The number of carboxylic acid groups (broad SMARTS) is 1. The van der Waals surface area contributed by atoms with E-state index in [2.05, 4.69) is 5.32 Å². The second-order valence-corrected chi connectivity index (χ2v) is 8.32. The zero-order valence-corrected chi connectivity index (χ0v) is 13.0. The van der Waals surface area contributed by atoms with Gasteiger partial charge in [-0.3, -0.25) is 9.59 Å². The van der Waals surface area contributed by atoms with E-state index < -0.39 is 32.4 Å². The second kappa shape index (κ2) is 6.11. The van der Waals surface area contributed by atoms with E-state index in [1.807, 2.05) is 13.8 Å². The van der Waals surface area contributed by atoms with Gasteiger partial charge in [0, 0.05) is 12.8 Å². The summed E-state index contributed by atoms with van der Waals surface area (Å²) in [5.74, 6) is -2.02. The van der Waals surface area contributed by atoms with Crippen LogP contribution in [0.15, 0.2) is 0 Å². The SMILES string of the molecule is CC(C)CC(CNC(=O)C1(S(C)(=O)=O)CCC1)C(=O)O. The molecule has 0 spiro atoms. The zero-order valence-electron chi connectivity index (χ0n) is 12.2. The smallest absolute Gasteiger partial charge is 0.308 e. The summed E-state index contributed by atoms with van der Waals surface area (Å²) in [4.78, 5) is 23.2. The van der Waals surface area contributed by atoms with Crippen LogP contribution in [0.2, 0.25) is 0 Å². The predicted octanol–water partition coefficient (Wildman–Crippen LogP) is 0.817. The number of sulfone groups is 1. The van der Waals surface area contributed by atoms with Gasteiger partial charge in [-0.2, -0.15) is 0 Å². The van der Waals surface area contributed by atoms with Crippen LogP contribution in [0, 0.1) is 11.8 Å². The molecule has 1 amide bonds. The Balaban J connectivity index is 2.68. The molecule has 0 aromatic carbocycles. The van der Waals surface area contributed by atoms with E-state index >= 15 is 0 Å². The number of carboxylic acids is 1. The number of amides is 1. The molecule has 0 saturated heterocycles. The average molecular weight is 305 g/mol. The largest absolute Gasteiger partial charge is 0.481 e. The molecule has 7 heteroatoms. The van der Waals surface area contributed by atoms with Crippen LogP contribution in [0.4, 0.5) is 0 Å². The Morgan fingerprint density at radius 1 is 1.30 bits per heavy atom. The van der Waals surface area contributed by atoms with Gasteiger partial charge in [0.1, 0.15) is 4.75 Å². The van der Waals surface area contributed by atoms with Gasteiger partial charge >= 0.3 is 5.97 Å². The predicted molar refractivity (Wildman–Crippen MR) is 75.0 cm³/mol. The Hall–Kier alpha value is -1.11. The van der Waals surface area contributed by atoms with Crippen molar-refractivity contribution in [3.8, 4) is 0 Å². The normalized spacial score (nSPS) is 19.2. The summed E-state index contributed by atoms with van der Waals surface area (Å²) in [5.41, 5.74) is 0. The third-order valence-electron chi connectivity index (χ3n) is 3.90. The van der Waals surface area contributed by atoms with E-state index in [-0.39, 0.29) is 12.5 Å². The van der Waals surface area contributed by atoms with Crippen LogP contribution in [0.5, 0.6) is 0 Å². The van der Waals surface area contributed by atoms with Gasteiger partial charge in [0.15, 0.2) is 9.84 Å². The molecule has 116 valence electrons. The summed E-state index contributed by atoms with van der Waals surface area (Å²) < 4.78 is 22.2. The van der Waals surface area contributed by atoms with Gasteiger partial charge in [-0.05, 0) is 31.6 Å². The van der Waals surface area contributed by atoms with Gasteiger partial charge in [-0.15, -0.1) is 0 Å². The molecule has 1 saturated carbocycles. The molecular formula is C13H23NO5S. The van der Waals surface area contributed by atoms with Crippen molar-refractivity contribution in [3.05, 3.63) is 0 Å². The fraction of sp³-hybridized carbons (Fsp3) is 0.846. The van der Waals surface area contributed by atoms with Crippen molar-refractivity contribution in [1.29, 1.82) is 0 Å². The number of aliphatic carboxylic acids is 1. The van der Waals surface area contributed by atoms with E-state index in [1.54, 1.807) is 0 Å². The van der Waals surface area contributed by atoms with Gasteiger partial charge in [0.05, 0.1) is 5.92 Å². The molecule has 20 heavy (non-hydrogen) atoms. The fourth-order valence-electron chi connectivity index (χ4n) is 2.48. The number of hydrogen-bond acceptors (Lipinski definition) is 4. The Morgan fingerprint density at radius 2 is 1.85 bits per heavy atom. The van der Waals surface area contributed by atoms with E-state index in [4.69, 9.17) is 5.11 Å². The molecule has 1 unspecified atom stereocenters. The highest BCUT2D eigenvalue weighted by Crippen LogP contribution is 2.39. The van der Waals surface area contributed by atoms with E-state index in [0.29, 0.717) is 25.7 Å². The topological polar surface area (TPSA) is 101 Å². The van der Waals surface area contributed by atoms with Crippen molar-refractivity contribution >= 4 is 21.7 Å². The highest BCUT2D eigenvalue weighted by molar-refractivity contribution is 7.93. The van der Waals surface area contributed by atoms with E-state index in [1.165, 1.54) is 0 Å². The van der Waals surface area contributed by atoms with Crippen molar-refractivity contribution in [2.24, 2.45) is 11.8 Å². The first-order valence-electron chi connectivity index (χ1n) is 6.81. The second-order valence-electron chi connectivity index (χ2n) is 5.99. The Morgan fingerprint density at radius 3 is 2.15 bits per heavy atom. The lowest BCUT2D eigenvalue weighted by Crippen LogP contribution is -2.57. The van der Waals surface area contributed by atoms with Gasteiger partial charge in [0.2, 0.25) is 5.91 Å². The summed E-state index contributed by atoms with van der Waals surface area (Å²) in [6.45, 7) is 3.78. The lowest BCUT2D eigenvalue weighted by atomic mass is 9.83. The highest BCUT2D eigenvalue weighted by atomic mass is 32.2. The van der Waals surface area contributed by atoms with Crippen molar-refractivity contribution in [2.75, 3.05) is 12.8 Å². The molecular weight excluding hydrogens is 282 g/mol. The third-order valence-corrected chi connectivity index (χ3v) is 5.91. The van der Waals surface area contributed by atoms with Gasteiger partial charge < -0.3 is 10.4 Å². The first-order chi connectivity index (χ1) is 9.10. The summed E-state index contributed by atoms with van der Waals surface area (Å²) >= 11 is 0. The first kappa shape index (κ1) is 16.9. The average Bonchev–Trinajstić information content (AvgIpc) is 2.19. The minimum atomic E-state index is -3.48. The molecule has 2 N–H and O–H groups in total. The van der Waals surface area contributed by atoms with Crippen LogP contribution in [0.3, 0.4) is 0 Å². The minimum Gasteiger partial charge on any atom is -0.481 e. The van der Waals surface area contributed by atoms with Crippen LogP contribution >= 0.6 is 0 Å². The quantitative estimate of drug-likeness (QED) is 0.725. The van der Waals surface area contributed by atoms with Gasteiger partial charge in [-0.1, -0.05) is 13.8 Å². The van der Waals surface area contributed by atoms with Crippen LogP contribution in [-0.2, 0) is 19.4 Å². The lowest BCUT2D eigenvalue weighted by molar-refractivity contribution is -0.142. The van der Waals surface area contributed by atoms with Crippen LogP contribution < -0.4 is 5.32 Å². The molecule has 6 nitrogen and oxygen atoms in total. The van der Waals surface area contributed by atoms with Crippen LogP contribution in [0.1, 0.15) is 39.5 Å². The summed E-state index contributed by atoms with van der Waals surface area (Å²) in [6.07, 6.45) is 2.85. The molecule has 0 radical (unpaired) electrons. The fourth-order valence-corrected chi connectivity index (χ4v) is 3.92. The molecule has 0 aliphatic heterocycles. The third kappa shape index (κ3) is 3.50. The molecule has 0 aromatic rings. The number of hydrogen-bond donors (Lipinski definition) is 2. The monoisotopic (exact) mass is 305 g/mol. The van der Waals surface area contributed by atoms with Crippen LogP contribution in [-0.4, -0.2) is 42.9 Å². The Labute approximate surface area is 119 Å². The maximum absolute atomic E-state index is 12.1. The molecule has 1 atom stereocenters. The van der Waals surface area contributed by atoms with Crippen LogP contribution in [0.25, 0.3) is 0 Å². The molecule has 0 aromatic heterocycles. The standard InChI is InChI=1S/C13H23NO5S/c1-9(2)7-10(11(15)16)8-14-12(17)13(5-4-6-13)20(3,18)19/h9-10H,4-8H2,1-3H3,(H,14,17)(H,15,16). The molecule has 0 bridgehead atoms. The maximum Gasteiger partial charge on any atom is 0.308 e. The van der Waals surface area contributed by atoms with Crippen molar-refractivity contribution in [1.82, 2.24) is 5.32 Å². The summed E-state index contributed by atoms with van der Waals surface area (Å²) in [7, 11) is -3.48. The van der Waals surface area contributed by atoms with Crippen molar-refractivity contribution in [3.63, 3.8) is 0 Å². The molecule has 1 aliphatic carbocycles. The highest BCUT2D eigenvalue weighted by Gasteiger charge is 2.52. The van der Waals surface area contributed by atoms with E-state index in [9.17, 15) is 18.0 Å².